The maximum absolute atomic E-state index is 12.5. The quantitative estimate of drug-likeness (QED) is 0.827. The summed E-state index contributed by atoms with van der Waals surface area (Å²) in [7, 11) is 1.65. The minimum absolute atomic E-state index is 0.00282. The minimum atomic E-state index is -0.165. The fourth-order valence-electron chi connectivity index (χ4n) is 3.14. The van der Waals surface area contributed by atoms with Crippen molar-refractivity contribution in [2.24, 2.45) is 0 Å². The van der Waals surface area contributed by atoms with Crippen LogP contribution in [0.2, 0.25) is 0 Å². The number of likely N-dealkylation sites (tertiary alicyclic amines) is 1. The van der Waals surface area contributed by atoms with Gasteiger partial charge in [-0.05, 0) is 47.9 Å². The molecule has 1 fully saturated rings. The van der Waals surface area contributed by atoms with Gasteiger partial charge in [0, 0.05) is 38.2 Å². The maximum Gasteiger partial charge on any atom is 0.246 e. The molecule has 27 heavy (non-hydrogen) atoms. The van der Waals surface area contributed by atoms with Crippen molar-refractivity contribution in [2.75, 3.05) is 25.5 Å². The largest absolute Gasteiger partial charge is 0.497 e. The molecule has 140 valence electrons. The number of carbonyl (C=O) groups excluding carboxylic acids is 2. The van der Waals surface area contributed by atoms with E-state index >= 15 is 0 Å². The number of pyridine rings is 1. The van der Waals surface area contributed by atoms with Crippen molar-refractivity contribution >= 4 is 23.7 Å². The third-order valence-electron chi connectivity index (χ3n) is 4.60. The Hall–Kier alpha value is -3.15. The van der Waals surface area contributed by atoms with Crippen LogP contribution in [0.15, 0.2) is 48.7 Å². The van der Waals surface area contributed by atoms with E-state index in [1.165, 1.54) is 12.5 Å². The minimum Gasteiger partial charge on any atom is -0.497 e. The van der Waals surface area contributed by atoms with Crippen LogP contribution in [0.25, 0.3) is 6.08 Å². The van der Waals surface area contributed by atoms with Gasteiger partial charge in [-0.3, -0.25) is 9.59 Å². The van der Waals surface area contributed by atoms with Gasteiger partial charge in [0.15, 0.2) is 0 Å². The molecule has 6 nitrogen and oxygen atoms in total. The number of amides is 2. The molecule has 3 rings (SSSR count). The molecule has 0 saturated carbocycles. The second kappa shape index (κ2) is 8.49. The molecular formula is C21H23N3O3. The zero-order valence-corrected chi connectivity index (χ0v) is 15.5. The highest BCUT2D eigenvalue weighted by Gasteiger charge is 2.26. The van der Waals surface area contributed by atoms with Crippen molar-refractivity contribution in [1.29, 1.82) is 0 Å². The van der Waals surface area contributed by atoms with E-state index in [0.717, 1.165) is 30.8 Å². The molecule has 0 spiro atoms. The summed E-state index contributed by atoms with van der Waals surface area (Å²) in [6.45, 7) is 2.90. The van der Waals surface area contributed by atoms with Gasteiger partial charge in [0.05, 0.1) is 7.11 Å². The first-order valence-corrected chi connectivity index (χ1v) is 8.90. The number of ether oxygens (including phenoxy) is 1. The topological polar surface area (TPSA) is 71.5 Å². The van der Waals surface area contributed by atoms with Crippen molar-refractivity contribution in [3.63, 3.8) is 0 Å². The summed E-state index contributed by atoms with van der Waals surface area (Å²) in [6, 6.07) is 11.6. The molecule has 1 N–H and O–H groups in total. The number of rotatable bonds is 5. The standard InChI is InChI=1S/C21H23N3O3/c1-15(25)23-20-9-3-16(13-22-20)4-10-21(26)24-12-11-18(14-24)17-5-7-19(27-2)8-6-17/h3-10,13,18H,11-12,14H2,1-2H3,(H,22,23,25)/b10-4+/t18-/m1/s1. The summed E-state index contributed by atoms with van der Waals surface area (Å²) in [5, 5.41) is 2.61. The van der Waals surface area contributed by atoms with Crippen molar-refractivity contribution in [3.8, 4) is 5.75 Å². The number of aromatic nitrogens is 1. The highest BCUT2D eigenvalue weighted by atomic mass is 16.5. The van der Waals surface area contributed by atoms with E-state index in [4.69, 9.17) is 4.74 Å². The van der Waals surface area contributed by atoms with Gasteiger partial charge in [-0.25, -0.2) is 4.98 Å². The van der Waals surface area contributed by atoms with E-state index in [9.17, 15) is 9.59 Å². The Morgan fingerprint density at radius 2 is 2.00 bits per heavy atom. The molecule has 2 heterocycles. The first-order chi connectivity index (χ1) is 13.0. The first-order valence-electron chi connectivity index (χ1n) is 8.90. The Morgan fingerprint density at radius 1 is 1.22 bits per heavy atom. The molecule has 1 atom stereocenters. The molecule has 1 aliphatic heterocycles. The lowest BCUT2D eigenvalue weighted by Crippen LogP contribution is -2.26. The molecule has 0 bridgehead atoms. The molecule has 1 saturated heterocycles. The second-order valence-electron chi connectivity index (χ2n) is 6.53. The number of hydrogen-bond acceptors (Lipinski definition) is 4. The average molecular weight is 365 g/mol. The number of methoxy groups -OCH3 is 1. The van der Waals surface area contributed by atoms with Crippen molar-refractivity contribution < 1.29 is 14.3 Å². The molecule has 2 amide bonds. The van der Waals surface area contributed by atoms with Crippen LogP contribution in [-0.2, 0) is 9.59 Å². The smallest absolute Gasteiger partial charge is 0.246 e. The van der Waals surface area contributed by atoms with Gasteiger partial charge in [-0.2, -0.15) is 0 Å². The summed E-state index contributed by atoms with van der Waals surface area (Å²) >= 11 is 0. The van der Waals surface area contributed by atoms with E-state index in [0.29, 0.717) is 11.7 Å². The molecular weight excluding hydrogens is 342 g/mol. The van der Waals surface area contributed by atoms with Crippen LogP contribution in [0, 0.1) is 0 Å². The third kappa shape index (κ3) is 4.94. The van der Waals surface area contributed by atoms with E-state index in [-0.39, 0.29) is 11.8 Å². The highest BCUT2D eigenvalue weighted by Crippen LogP contribution is 2.28. The normalized spacial score (nSPS) is 16.5. The molecule has 1 aromatic carbocycles. The van der Waals surface area contributed by atoms with Gasteiger partial charge in [0.25, 0.3) is 0 Å². The SMILES string of the molecule is COc1ccc([C@@H]2CCN(C(=O)/C=C/c3ccc(NC(C)=O)nc3)C2)cc1. The van der Waals surface area contributed by atoms with Crippen LogP contribution in [0.3, 0.4) is 0 Å². The van der Waals surface area contributed by atoms with Crippen molar-refractivity contribution in [3.05, 3.63) is 59.8 Å². The number of benzene rings is 1. The van der Waals surface area contributed by atoms with Crippen LogP contribution in [-0.4, -0.2) is 41.9 Å². The average Bonchev–Trinajstić information content (AvgIpc) is 3.17. The lowest BCUT2D eigenvalue weighted by Gasteiger charge is -2.15. The van der Waals surface area contributed by atoms with Crippen molar-refractivity contribution in [2.45, 2.75) is 19.3 Å². The number of nitrogens with one attached hydrogen (secondary N) is 1. The molecule has 6 heteroatoms. The van der Waals surface area contributed by atoms with Gasteiger partial charge >= 0.3 is 0 Å². The molecule has 1 aliphatic rings. The zero-order valence-electron chi connectivity index (χ0n) is 15.5. The lowest BCUT2D eigenvalue weighted by molar-refractivity contribution is -0.125. The molecule has 0 radical (unpaired) electrons. The summed E-state index contributed by atoms with van der Waals surface area (Å²) < 4.78 is 5.19. The fourth-order valence-corrected chi connectivity index (χ4v) is 3.14. The van der Waals surface area contributed by atoms with Crippen LogP contribution in [0.1, 0.15) is 30.4 Å². The van der Waals surface area contributed by atoms with Gasteiger partial charge < -0.3 is 15.0 Å². The molecule has 2 aromatic rings. The second-order valence-corrected chi connectivity index (χ2v) is 6.53. The number of nitrogens with zero attached hydrogens (tertiary/aromatic N) is 2. The molecule has 0 unspecified atom stereocenters. The highest BCUT2D eigenvalue weighted by molar-refractivity contribution is 5.92. The molecule has 0 aliphatic carbocycles. The van der Waals surface area contributed by atoms with Crippen LogP contribution < -0.4 is 10.1 Å². The summed E-state index contributed by atoms with van der Waals surface area (Å²) in [4.78, 5) is 29.5. The predicted molar refractivity (Wildman–Crippen MR) is 105 cm³/mol. The van der Waals surface area contributed by atoms with Crippen LogP contribution >= 0.6 is 0 Å². The van der Waals surface area contributed by atoms with E-state index in [2.05, 4.69) is 22.4 Å². The lowest BCUT2D eigenvalue weighted by atomic mass is 9.98. The molecule has 1 aromatic heterocycles. The number of hydrogen-bond donors (Lipinski definition) is 1. The Balaban J connectivity index is 1.56. The van der Waals surface area contributed by atoms with E-state index in [1.807, 2.05) is 23.1 Å². The van der Waals surface area contributed by atoms with Gasteiger partial charge in [-0.1, -0.05) is 12.1 Å². The summed E-state index contributed by atoms with van der Waals surface area (Å²) in [6.07, 6.45) is 5.90. The third-order valence-corrected chi connectivity index (χ3v) is 4.60. The van der Waals surface area contributed by atoms with E-state index < -0.39 is 0 Å². The first kappa shape index (κ1) is 18.6. The van der Waals surface area contributed by atoms with E-state index in [1.54, 1.807) is 31.5 Å². The van der Waals surface area contributed by atoms with Crippen LogP contribution in [0.5, 0.6) is 5.75 Å². The van der Waals surface area contributed by atoms with Gasteiger partial charge in [-0.15, -0.1) is 0 Å². The Labute approximate surface area is 158 Å². The van der Waals surface area contributed by atoms with Gasteiger partial charge in [0.2, 0.25) is 11.8 Å². The predicted octanol–water partition coefficient (Wildman–Crippen LogP) is 3.08. The number of carbonyl (C=O) groups is 2. The van der Waals surface area contributed by atoms with Crippen molar-refractivity contribution in [1.82, 2.24) is 9.88 Å². The Morgan fingerprint density at radius 3 is 2.63 bits per heavy atom. The monoisotopic (exact) mass is 365 g/mol. The maximum atomic E-state index is 12.5. The van der Waals surface area contributed by atoms with Gasteiger partial charge in [0.1, 0.15) is 11.6 Å². The Bertz CT molecular complexity index is 829. The van der Waals surface area contributed by atoms with Crippen LogP contribution in [0.4, 0.5) is 5.82 Å². The summed E-state index contributed by atoms with van der Waals surface area (Å²) in [5.41, 5.74) is 2.04. The number of anilines is 1. The summed E-state index contributed by atoms with van der Waals surface area (Å²) in [5.74, 6) is 1.52. The fraction of sp³-hybridized carbons (Fsp3) is 0.286. The zero-order chi connectivity index (χ0) is 19.2. The Kier molecular flexibility index (Phi) is 5.86.